The minimum absolute atomic E-state index is 0.173. The number of nitriles is 1. The largest absolute Gasteiger partial charge is 0.478 e. The lowest BCUT2D eigenvalue weighted by Gasteiger charge is -2.01. The van der Waals surface area contributed by atoms with Crippen LogP contribution in [0.15, 0.2) is 59.0 Å². The molecule has 27 heavy (non-hydrogen) atoms. The van der Waals surface area contributed by atoms with E-state index in [1.54, 1.807) is 48.5 Å². The van der Waals surface area contributed by atoms with Crippen LogP contribution in [-0.2, 0) is 0 Å². The number of aromatic carboxylic acids is 1. The van der Waals surface area contributed by atoms with Crippen molar-refractivity contribution in [3.63, 3.8) is 0 Å². The molecule has 6 nitrogen and oxygen atoms in total. The van der Waals surface area contributed by atoms with E-state index in [-0.39, 0.29) is 12.4 Å². The van der Waals surface area contributed by atoms with Crippen LogP contribution in [0.3, 0.4) is 0 Å². The Labute approximate surface area is 154 Å². The number of furan rings is 1. The molecule has 0 saturated carbocycles. The van der Waals surface area contributed by atoms with Gasteiger partial charge in [-0.2, -0.15) is 5.26 Å². The van der Waals surface area contributed by atoms with Gasteiger partial charge in [-0.3, -0.25) is 0 Å². The fourth-order valence-corrected chi connectivity index (χ4v) is 2.75. The molecule has 1 N–H and O–H groups in total. The zero-order valence-electron chi connectivity index (χ0n) is 14.0. The summed E-state index contributed by atoms with van der Waals surface area (Å²) >= 11 is 0. The number of rotatable bonds is 4. The van der Waals surface area contributed by atoms with Gasteiger partial charge in [0.1, 0.15) is 11.5 Å². The number of fused-ring (bicyclic) bond motifs is 1. The maximum Gasteiger partial charge on any atom is 0.335 e. The molecule has 0 saturated heterocycles. The van der Waals surface area contributed by atoms with Gasteiger partial charge in [0.2, 0.25) is 6.79 Å². The summed E-state index contributed by atoms with van der Waals surface area (Å²) in [7, 11) is 0. The van der Waals surface area contributed by atoms with Gasteiger partial charge in [-0.1, -0.05) is 12.1 Å². The molecule has 2 aromatic carbocycles. The molecule has 0 radical (unpaired) electrons. The number of allylic oxidation sites excluding steroid dienone is 1. The Morgan fingerprint density at radius 2 is 1.74 bits per heavy atom. The first kappa shape index (κ1) is 16.5. The number of carbonyl (C=O) groups is 1. The molecule has 3 aromatic rings. The molecule has 1 aliphatic heterocycles. The first-order chi connectivity index (χ1) is 13.1. The summed E-state index contributed by atoms with van der Waals surface area (Å²) in [6, 6.07) is 17.4. The Hall–Kier alpha value is -3.98. The number of carboxylic acid groups (broad SMARTS) is 1. The second kappa shape index (κ2) is 6.73. The maximum atomic E-state index is 10.9. The predicted octanol–water partition coefficient (Wildman–Crippen LogP) is 4.44. The van der Waals surface area contributed by atoms with E-state index in [4.69, 9.17) is 19.0 Å². The van der Waals surface area contributed by atoms with E-state index in [0.29, 0.717) is 34.2 Å². The van der Waals surface area contributed by atoms with Crippen molar-refractivity contribution >= 4 is 17.6 Å². The van der Waals surface area contributed by atoms with E-state index in [1.807, 2.05) is 0 Å². The molecule has 2 heterocycles. The summed E-state index contributed by atoms with van der Waals surface area (Å²) < 4.78 is 16.4. The standard InChI is InChI=1S/C21H13NO5/c22-11-16(15-5-7-19-20(10-15)26-12-25-19)9-17-6-8-18(27-17)13-1-3-14(4-2-13)21(23)24/h1-10H,12H2,(H,23,24)/b16-9-. The monoisotopic (exact) mass is 359 g/mol. The fraction of sp³-hybridized carbons (Fsp3) is 0.0476. The molecular weight excluding hydrogens is 346 g/mol. The maximum absolute atomic E-state index is 10.9. The third-order valence-electron chi connectivity index (χ3n) is 4.13. The lowest BCUT2D eigenvalue weighted by molar-refractivity contribution is 0.0697. The van der Waals surface area contributed by atoms with Gasteiger partial charge in [0.25, 0.3) is 0 Å². The average Bonchev–Trinajstić information content (AvgIpc) is 3.35. The van der Waals surface area contributed by atoms with Gasteiger partial charge in [-0.05, 0) is 54.1 Å². The van der Waals surface area contributed by atoms with Gasteiger partial charge in [-0.15, -0.1) is 0 Å². The summed E-state index contributed by atoms with van der Waals surface area (Å²) in [5.74, 6) is 1.38. The first-order valence-corrected chi connectivity index (χ1v) is 8.09. The number of benzene rings is 2. The number of nitrogens with zero attached hydrogens (tertiary/aromatic N) is 1. The zero-order chi connectivity index (χ0) is 18.8. The van der Waals surface area contributed by atoms with Crippen molar-refractivity contribution in [3.05, 3.63) is 71.5 Å². The summed E-state index contributed by atoms with van der Waals surface area (Å²) in [4.78, 5) is 10.9. The molecule has 0 fully saturated rings. The Morgan fingerprint density at radius 3 is 2.48 bits per heavy atom. The quantitative estimate of drug-likeness (QED) is 0.692. The molecule has 0 spiro atoms. The molecule has 0 bridgehead atoms. The Balaban J connectivity index is 1.62. The van der Waals surface area contributed by atoms with Gasteiger partial charge in [-0.25, -0.2) is 4.79 Å². The van der Waals surface area contributed by atoms with Crippen LogP contribution in [-0.4, -0.2) is 17.9 Å². The van der Waals surface area contributed by atoms with Crippen LogP contribution in [0, 0.1) is 11.3 Å². The molecule has 0 unspecified atom stereocenters. The fourth-order valence-electron chi connectivity index (χ4n) is 2.75. The van der Waals surface area contributed by atoms with Gasteiger partial charge < -0.3 is 19.0 Å². The zero-order valence-corrected chi connectivity index (χ0v) is 14.0. The molecular formula is C21H13NO5. The van der Waals surface area contributed by atoms with Crippen LogP contribution in [0.5, 0.6) is 11.5 Å². The van der Waals surface area contributed by atoms with E-state index in [0.717, 1.165) is 5.56 Å². The van der Waals surface area contributed by atoms with Crippen LogP contribution in [0.1, 0.15) is 21.7 Å². The average molecular weight is 359 g/mol. The summed E-state index contributed by atoms with van der Waals surface area (Å²) in [6.07, 6.45) is 1.65. The Morgan fingerprint density at radius 1 is 1.00 bits per heavy atom. The van der Waals surface area contributed by atoms with Crippen molar-refractivity contribution in [2.45, 2.75) is 0 Å². The third-order valence-corrected chi connectivity index (χ3v) is 4.13. The minimum Gasteiger partial charge on any atom is -0.478 e. The molecule has 4 rings (SSSR count). The lowest BCUT2D eigenvalue weighted by atomic mass is 10.1. The molecule has 0 amide bonds. The topological polar surface area (TPSA) is 92.7 Å². The second-order valence-electron chi connectivity index (χ2n) is 5.82. The first-order valence-electron chi connectivity index (χ1n) is 8.09. The molecule has 6 heteroatoms. The minimum atomic E-state index is -0.980. The van der Waals surface area contributed by atoms with Crippen LogP contribution in [0.25, 0.3) is 23.0 Å². The highest BCUT2D eigenvalue weighted by Gasteiger charge is 2.15. The predicted molar refractivity (Wildman–Crippen MR) is 97.2 cm³/mol. The normalized spacial score (nSPS) is 12.6. The van der Waals surface area contributed by atoms with E-state index < -0.39 is 5.97 Å². The van der Waals surface area contributed by atoms with Gasteiger partial charge in [0.15, 0.2) is 11.5 Å². The molecule has 1 aromatic heterocycles. The lowest BCUT2D eigenvalue weighted by Crippen LogP contribution is -1.94. The van der Waals surface area contributed by atoms with E-state index in [2.05, 4.69) is 6.07 Å². The Kier molecular flexibility index (Phi) is 4.11. The van der Waals surface area contributed by atoms with Crippen LogP contribution >= 0.6 is 0 Å². The smallest absolute Gasteiger partial charge is 0.335 e. The highest BCUT2D eigenvalue weighted by atomic mass is 16.7. The highest BCUT2D eigenvalue weighted by molar-refractivity contribution is 5.90. The number of ether oxygens (including phenoxy) is 2. The molecule has 132 valence electrons. The second-order valence-corrected chi connectivity index (χ2v) is 5.82. The number of carboxylic acids is 1. The third kappa shape index (κ3) is 3.26. The van der Waals surface area contributed by atoms with Gasteiger partial charge in [0, 0.05) is 5.56 Å². The SMILES string of the molecule is N#C/C(=C/c1ccc(-c2ccc(C(=O)O)cc2)o1)c1ccc2c(c1)OCO2. The van der Waals surface area contributed by atoms with Gasteiger partial charge in [0.05, 0.1) is 17.2 Å². The summed E-state index contributed by atoms with van der Waals surface area (Å²) in [5, 5.41) is 18.5. The summed E-state index contributed by atoms with van der Waals surface area (Å²) in [6.45, 7) is 0.173. The van der Waals surface area contributed by atoms with Crippen molar-refractivity contribution in [1.82, 2.24) is 0 Å². The summed E-state index contributed by atoms with van der Waals surface area (Å²) in [5.41, 5.74) is 2.09. The van der Waals surface area contributed by atoms with Crippen molar-refractivity contribution < 1.29 is 23.8 Å². The van der Waals surface area contributed by atoms with E-state index >= 15 is 0 Å². The van der Waals surface area contributed by atoms with Crippen molar-refractivity contribution in [2.75, 3.05) is 6.79 Å². The van der Waals surface area contributed by atoms with Crippen LogP contribution < -0.4 is 9.47 Å². The molecule has 1 aliphatic rings. The van der Waals surface area contributed by atoms with Crippen LogP contribution in [0.4, 0.5) is 0 Å². The van der Waals surface area contributed by atoms with E-state index in [9.17, 15) is 10.1 Å². The highest BCUT2D eigenvalue weighted by Crippen LogP contribution is 2.35. The van der Waals surface area contributed by atoms with Crippen LogP contribution in [0.2, 0.25) is 0 Å². The molecule has 0 aliphatic carbocycles. The Bertz CT molecular complexity index is 1090. The number of hydrogen-bond acceptors (Lipinski definition) is 5. The van der Waals surface area contributed by atoms with Crippen molar-refractivity contribution in [2.24, 2.45) is 0 Å². The molecule has 0 atom stereocenters. The van der Waals surface area contributed by atoms with Gasteiger partial charge >= 0.3 is 5.97 Å². The number of hydrogen-bond donors (Lipinski definition) is 1. The van der Waals surface area contributed by atoms with Crippen molar-refractivity contribution in [3.8, 4) is 28.9 Å². The van der Waals surface area contributed by atoms with Crippen molar-refractivity contribution in [1.29, 1.82) is 5.26 Å². The van der Waals surface area contributed by atoms with E-state index in [1.165, 1.54) is 12.1 Å².